The fourth-order valence-corrected chi connectivity index (χ4v) is 3.33. The molecule has 136 valence electrons. The van der Waals surface area contributed by atoms with Gasteiger partial charge in [0.1, 0.15) is 0 Å². The van der Waals surface area contributed by atoms with Crippen LogP contribution in [0.3, 0.4) is 0 Å². The lowest BCUT2D eigenvalue weighted by molar-refractivity contribution is -0.0855. The van der Waals surface area contributed by atoms with E-state index in [0.717, 1.165) is 51.6 Å². The number of ether oxygens (including phenoxy) is 2. The van der Waals surface area contributed by atoms with Gasteiger partial charge in [-0.2, -0.15) is 0 Å². The normalized spacial score (nSPS) is 22.7. The Balaban J connectivity index is 0.00000264. The zero-order valence-electron chi connectivity index (χ0n) is 15.0. The Morgan fingerprint density at radius 1 is 1.13 bits per heavy atom. The van der Waals surface area contributed by atoms with E-state index in [1.165, 1.54) is 25.7 Å². The molecule has 1 saturated carbocycles. The molecule has 2 N–H and O–H groups in total. The number of hydrogen-bond acceptors (Lipinski definition) is 3. The van der Waals surface area contributed by atoms with Crippen molar-refractivity contribution in [3.8, 4) is 0 Å². The van der Waals surface area contributed by atoms with Crippen molar-refractivity contribution in [1.82, 2.24) is 10.6 Å². The van der Waals surface area contributed by atoms with Gasteiger partial charge in [0, 0.05) is 52.8 Å². The van der Waals surface area contributed by atoms with Gasteiger partial charge in [-0.15, -0.1) is 24.0 Å². The van der Waals surface area contributed by atoms with Gasteiger partial charge in [-0.1, -0.05) is 13.3 Å². The van der Waals surface area contributed by atoms with Crippen molar-refractivity contribution in [2.75, 3.05) is 40.0 Å². The number of methoxy groups -OCH3 is 1. The minimum Gasteiger partial charge on any atom is -0.381 e. The highest BCUT2D eigenvalue weighted by molar-refractivity contribution is 14.0. The van der Waals surface area contributed by atoms with E-state index < -0.39 is 0 Å². The molecule has 0 aromatic rings. The lowest BCUT2D eigenvalue weighted by Crippen LogP contribution is -2.51. The summed E-state index contributed by atoms with van der Waals surface area (Å²) in [6.45, 7) is 8.56. The molecule has 0 spiro atoms. The first-order chi connectivity index (χ1) is 10.7. The van der Waals surface area contributed by atoms with Gasteiger partial charge in [0.05, 0.1) is 5.60 Å². The van der Waals surface area contributed by atoms with Gasteiger partial charge in [-0.25, -0.2) is 0 Å². The highest BCUT2D eigenvalue weighted by Gasteiger charge is 2.35. The summed E-state index contributed by atoms with van der Waals surface area (Å²) in [5.74, 6) is 0.921. The minimum atomic E-state index is -0.118. The second-order valence-electron chi connectivity index (χ2n) is 6.76. The third kappa shape index (κ3) is 5.74. The Morgan fingerprint density at radius 2 is 1.83 bits per heavy atom. The fourth-order valence-electron chi connectivity index (χ4n) is 3.33. The number of guanidine groups is 1. The van der Waals surface area contributed by atoms with Crippen molar-refractivity contribution < 1.29 is 9.47 Å². The molecule has 2 aliphatic rings. The number of halogens is 1. The Hall–Kier alpha value is -0.0800. The zero-order chi connectivity index (χ0) is 15.9. The van der Waals surface area contributed by atoms with Gasteiger partial charge in [-0.3, -0.25) is 4.99 Å². The standard InChI is InChI=1S/C17H33N3O2.HI/c1-4-16(7-6-8-16)13-19-15(18-5-2)20-14-17(21-3)9-11-22-12-10-17;/h4-14H2,1-3H3,(H2,18,19,20);1H. The number of hydrogen-bond donors (Lipinski definition) is 2. The van der Waals surface area contributed by atoms with Crippen LogP contribution >= 0.6 is 24.0 Å². The van der Waals surface area contributed by atoms with E-state index in [9.17, 15) is 0 Å². The fraction of sp³-hybridized carbons (Fsp3) is 0.941. The molecule has 1 heterocycles. The summed E-state index contributed by atoms with van der Waals surface area (Å²) >= 11 is 0. The summed E-state index contributed by atoms with van der Waals surface area (Å²) in [5, 5.41) is 6.85. The largest absolute Gasteiger partial charge is 0.381 e. The van der Waals surface area contributed by atoms with E-state index in [4.69, 9.17) is 14.5 Å². The van der Waals surface area contributed by atoms with E-state index in [-0.39, 0.29) is 29.6 Å². The molecular formula is C17H34IN3O2. The van der Waals surface area contributed by atoms with E-state index >= 15 is 0 Å². The Labute approximate surface area is 158 Å². The summed E-state index contributed by atoms with van der Waals surface area (Å²) in [4.78, 5) is 4.84. The number of nitrogens with zero attached hydrogens (tertiary/aromatic N) is 1. The summed E-state index contributed by atoms with van der Waals surface area (Å²) in [6, 6.07) is 0. The van der Waals surface area contributed by atoms with Crippen LogP contribution in [-0.4, -0.2) is 51.5 Å². The molecule has 0 unspecified atom stereocenters. The predicted octanol–water partition coefficient (Wildman–Crippen LogP) is 2.94. The van der Waals surface area contributed by atoms with E-state index in [1.54, 1.807) is 7.11 Å². The minimum absolute atomic E-state index is 0. The van der Waals surface area contributed by atoms with Crippen LogP contribution in [-0.2, 0) is 9.47 Å². The van der Waals surface area contributed by atoms with Crippen LogP contribution in [0.15, 0.2) is 4.99 Å². The lowest BCUT2D eigenvalue weighted by Gasteiger charge is -2.40. The van der Waals surface area contributed by atoms with Gasteiger partial charge < -0.3 is 20.1 Å². The van der Waals surface area contributed by atoms with Gasteiger partial charge in [0.25, 0.3) is 0 Å². The molecule has 5 nitrogen and oxygen atoms in total. The van der Waals surface area contributed by atoms with Crippen molar-refractivity contribution in [2.24, 2.45) is 10.4 Å². The summed E-state index contributed by atoms with van der Waals surface area (Å²) in [6.07, 6.45) is 7.12. The van der Waals surface area contributed by atoms with Crippen LogP contribution in [0, 0.1) is 5.41 Å². The molecule has 6 heteroatoms. The molecule has 0 aromatic carbocycles. The van der Waals surface area contributed by atoms with Crippen LogP contribution in [0.1, 0.15) is 52.4 Å². The zero-order valence-corrected chi connectivity index (χ0v) is 17.3. The van der Waals surface area contributed by atoms with E-state index in [2.05, 4.69) is 24.5 Å². The monoisotopic (exact) mass is 439 g/mol. The summed E-state index contributed by atoms with van der Waals surface area (Å²) < 4.78 is 11.2. The van der Waals surface area contributed by atoms with Gasteiger partial charge in [-0.05, 0) is 31.6 Å². The molecule has 1 saturated heterocycles. The highest BCUT2D eigenvalue weighted by atomic mass is 127. The van der Waals surface area contributed by atoms with Crippen LogP contribution in [0.2, 0.25) is 0 Å². The third-order valence-electron chi connectivity index (χ3n) is 5.50. The molecule has 1 aliphatic carbocycles. The van der Waals surface area contributed by atoms with Crippen LogP contribution in [0.5, 0.6) is 0 Å². The van der Waals surface area contributed by atoms with Gasteiger partial charge in [0.15, 0.2) is 5.96 Å². The molecule has 2 fully saturated rings. The molecule has 0 radical (unpaired) electrons. The van der Waals surface area contributed by atoms with Crippen molar-refractivity contribution in [3.63, 3.8) is 0 Å². The molecular weight excluding hydrogens is 405 g/mol. The quantitative estimate of drug-likeness (QED) is 0.364. The molecule has 0 aromatic heterocycles. The highest BCUT2D eigenvalue weighted by Crippen LogP contribution is 2.43. The molecule has 0 atom stereocenters. The molecule has 23 heavy (non-hydrogen) atoms. The van der Waals surface area contributed by atoms with Crippen LogP contribution in [0.4, 0.5) is 0 Å². The van der Waals surface area contributed by atoms with Crippen LogP contribution < -0.4 is 10.6 Å². The van der Waals surface area contributed by atoms with E-state index in [0.29, 0.717) is 5.41 Å². The Morgan fingerprint density at radius 3 is 2.30 bits per heavy atom. The summed E-state index contributed by atoms with van der Waals surface area (Å²) in [5.41, 5.74) is 0.341. The van der Waals surface area contributed by atoms with E-state index in [1.807, 2.05) is 0 Å². The van der Waals surface area contributed by atoms with Gasteiger partial charge in [0.2, 0.25) is 0 Å². The molecule has 0 amide bonds. The number of nitrogens with one attached hydrogen (secondary N) is 2. The average Bonchev–Trinajstić information content (AvgIpc) is 2.52. The van der Waals surface area contributed by atoms with Crippen molar-refractivity contribution in [3.05, 3.63) is 0 Å². The topological polar surface area (TPSA) is 54.9 Å². The lowest BCUT2D eigenvalue weighted by atomic mass is 9.67. The Bertz CT molecular complexity index is 361. The second-order valence-corrected chi connectivity index (χ2v) is 6.76. The number of rotatable bonds is 7. The molecule has 2 rings (SSSR count). The maximum atomic E-state index is 5.78. The van der Waals surface area contributed by atoms with Gasteiger partial charge >= 0.3 is 0 Å². The maximum absolute atomic E-state index is 5.78. The van der Waals surface area contributed by atoms with Crippen molar-refractivity contribution in [2.45, 2.75) is 58.0 Å². The average molecular weight is 439 g/mol. The SMILES string of the molecule is CCNC(=NCC1(CC)CCC1)NCC1(OC)CCOCC1.I. The first kappa shape index (κ1) is 21.0. The molecule has 0 bridgehead atoms. The second kappa shape index (κ2) is 10.0. The first-order valence-corrected chi connectivity index (χ1v) is 8.83. The predicted molar refractivity (Wildman–Crippen MR) is 106 cm³/mol. The number of aliphatic imine (C=N–C) groups is 1. The molecule has 1 aliphatic heterocycles. The summed E-state index contributed by atoms with van der Waals surface area (Å²) in [7, 11) is 1.80. The third-order valence-corrected chi connectivity index (χ3v) is 5.50. The van der Waals surface area contributed by atoms with Crippen LogP contribution in [0.25, 0.3) is 0 Å². The Kier molecular flexibility index (Phi) is 9.15. The first-order valence-electron chi connectivity index (χ1n) is 8.83. The van der Waals surface area contributed by atoms with Crippen molar-refractivity contribution in [1.29, 1.82) is 0 Å². The van der Waals surface area contributed by atoms with Crippen molar-refractivity contribution >= 4 is 29.9 Å². The maximum Gasteiger partial charge on any atom is 0.191 e. The smallest absolute Gasteiger partial charge is 0.191 e.